The van der Waals surface area contributed by atoms with Gasteiger partial charge < -0.3 is 15.5 Å². The average Bonchev–Trinajstić information content (AvgIpc) is 3.53. The number of hydrogen-bond donors (Lipinski definition) is 2. The summed E-state index contributed by atoms with van der Waals surface area (Å²) in [5.41, 5.74) is 0.375. The van der Waals surface area contributed by atoms with E-state index < -0.39 is 29.6 Å². The van der Waals surface area contributed by atoms with Crippen LogP contribution >= 0.6 is 0 Å². The lowest BCUT2D eigenvalue weighted by Crippen LogP contribution is -2.56. The lowest BCUT2D eigenvalue weighted by atomic mass is 9.85. The van der Waals surface area contributed by atoms with Crippen molar-refractivity contribution < 1.29 is 22.8 Å². The van der Waals surface area contributed by atoms with Gasteiger partial charge in [-0.25, -0.2) is 13.2 Å². The number of carbonyl (C=O) groups is 2. The van der Waals surface area contributed by atoms with Crippen molar-refractivity contribution in [2.75, 3.05) is 25.5 Å². The second-order valence-corrected chi connectivity index (χ2v) is 7.95. The predicted molar refractivity (Wildman–Crippen MR) is 104 cm³/mol. The van der Waals surface area contributed by atoms with Gasteiger partial charge in [-0.3, -0.25) is 9.59 Å². The second-order valence-electron chi connectivity index (χ2n) is 7.95. The number of nitrogens with one attached hydrogen (secondary N) is 2. The minimum Gasteiger partial charge on any atom is -0.386 e. The van der Waals surface area contributed by atoms with E-state index in [2.05, 4.69) is 10.6 Å². The summed E-state index contributed by atoms with van der Waals surface area (Å²) in [6, 6.07) is 4.00. The van der Waals surface area contributed by atoms with E-state index in [-0.39, 0.29) is 44.2 Å². The van der Waals surface area contributed by atoms with Crippen LogP contribution in [0.4, 0.5) is 18.9 Å². The average molecular weight is 411 g/mol. The molecule has 2 aliphatic rings. The Balaban J connectivity index is 1.84. The van der Waals surface area contributed by atoms with Crippen LogP contribution in [0.2, 0.25) is 0 Å². The van der Waals surface area contributed by atoms with Crippen molar-refractivity contribution in [1.82, 2.24) is 10.2 Å². The number of benzene rings is 1. The fourth-order valence-corrected chi connectivity index (χ4v) is 4.16. The number of nitrogens with zero attached hydrogens (tertiary/aromatic N) is 1. The zero-order valence-electron chi connectivity index (χ0n) is 16.8. The molecular formula is C21H28F3N3O2. The monoisotopic (exact) mass is 411 g/mol. The molecule has 1 heterocycles. The maximum Gasteiger partial charge on any atom is 0.246 e. The first-order chi connectivity index (χ1) is 13.8. The summed E-state index contributed by atoms with van der Waals surface area (Å²) in [7, 11) is 1.63. The number of amides is 2. The van der Waals surface area contributed by atoms with Gasteiger partial charge in [-0.15, -0.1) is 0 Å². The molecule has 1 atom stereocenters. The third-order valence-corrected chi connectivity index (χ3v) is 6.24. The summed E-state index contributed by atoms with van der Waals surface area (Å²) < 4.78 is 40.2. The third-order valence-electron chi connectivity index (χ3n) is 6.24. The smallest absolute Gasteiger partial charge is 0.246 e. The number of alkyl halides is 2. The number of likely N-dealkylation sites (tertiary alicyclic amines) is 1. The summed E-state index contributed by atoms with van der Waals surface area (Å²) in [5.74, 6) is -1.64. The van der Waals surface area contributed by atoms with E-state index in [9.17, 15) is 22.8 Å². The number of halogens is 3. The van der Waals surface area contributed by atoms with Gasteiger partial charge in [0.15, 0.2) is 0 Å². The van der Waals surface area contributed by atoms with Crippen LogP contribution in [0.5, 0.6) is 0 Å². The van der Waals surface area contributed by atoms with E-state index in [1.807, 2.05) is 0 Å². The largest absolute Gasteiger partial charge is 0.386 e. The topological polar surface area (TPSA) is 61.4 Å². The zero-order valence-corrected chi connectivity index (χ0v) is 16.8. The van der Waals surface area contributed by atoms with Crippen molar-refractivity contribution >= 4 is 17.5 Å². The highest BCUT2D eigenvalue weighted by Crippen LogP contribution is 2.52. The lowest BCUT2D eigenvalue weighted by molar-refractivity contribution is -0.139. The Labute approximate surface area is 169 Å². The van der Waals surface area contributed by atoms with Crippen molar-refractivity contribution in [3.63, 3.8) is 0 Å². The standard InChI is InChI=1S/C21H28F3N3O2/c1-3-17(28)26-18(20(29)27-10-6-13(7-11-27)19(23)24)21(8-9-21)14-4-5-16(25-2)15(22)12-14/h4-5,12-13,18-19,25H,3,6-11H2,1-2H3,(H,26,28). The Morgan fingerprint density at radius 2 is 1.90 bits per heavy atom. The zero-order chi connectivity index (χ0) is 21.2. The summed E-state index contributed by atoms with van der Waals surface area (Å²) in [6.07, 6.45) is -0.364. The molecule has 1 aromatic carbocycles. The van der Waals surface area contributed by atoms with E-state index in [1.165, 1.54) is 6.07 Å². The highest BCUT2D eigenvalue weighted by molar-refractivity contribution is 5.90. The number of carbonyl (C=O) groups excluding carboxylic acids is 2. The molecule has 1 aromatic rings. The van der Waals surface area contributed by atoms with Crippen molar-refractivity contribution in [2.45, 2.75) is 56.9 Å². The summed E-state index contributed by atoms with van der Waals surface area (Å²) in [5, 5.41) is 5.60. The Hall–Kier alpha value is -2.25. The second kappa shape index (κ2) is 8.63. The number of piperidine rings is 1. The van der Waals surface area contributed by atoms with Crippen LogP contribution in [0.25, 0.3) is 0 Å². The quantitative estimate of drug-likeness (QED) is 0.724. The molecule has 0 radical (unpaired) electrons. The van der Waals surface area contributed by atoms with Gasteiger partial charge in [0.2, 0.25) is 18.2 Å². The first kappa shape index (κ1) is 21.5. The van der Waals surface area contributed by atoms with E-state index in [4.69, 9.17) is 0 Å². The molecule has 1 aliphatic carbocycles. The van der Waals surface area contributed by atoms with Crippen molar-refractivity contribution in [1.29, 1.82) is 0 Å². The first-order valence-corrected chi connectivity index (χ1v) is 10.2. The molecular weight excluding hydrogens is 383 g/mol. The van der Waals surface area contributed by atoms with E-state index in [0.717, 1.165) is 0 Å². The minimum atomic E-state index is -2.38. The predicted octanol–water partition coefficient (Wildman–Crippen LogP) is 3.30. The Kier molecular flexibility index (Phi) is 6.39. The summed E-state index contributed by atoms with van der Waals surface area (Å²) in [6.45, 7) is 2.19. The number of anilines is 1. The highest BCUT2D eigenvalue weighted by atomic mass is 19.3. The van der Waals surface area contributed by atoms with Crippen LogP contribution < -0.4 is 10.6 Å². The van der Waals surface area contributed by atoms with E-state index >= 15 is 0 Å². The molecule has 2 amide bonds. The molecule has 0 aromatic heterocycles. The molecule has 5 nitrogen and oxygen atoms in total. The van der Waals surface area contributed by atoms with Crippen LogP contribution in [0, 0.1) is 11.7 Å². The lowest BCUT2D eigenvalue weighted by Gasteiger charge is -2.37. The molecule has 2 N–H and O–H groups in total. The normalized spacial score (nSPS) is 19.7. The molecule has 1 saturated heterocycles. The fourth-order valence-electron chi connectivity index (χ4n) is 4.16. The molecule has 2 fully saturated rings. The Bertz CT molecular complexity index is 760. The van der Waals surface area contributed by atoms with Crippen LogP contribution in [0.1, 0.15) is 44.6 Å². The summed E-state index contributed by atoms with van der Waals surface area (Å²) >= 11 is 0. The van der Waals surface area contributed by atoms with Gasteiger partial charge >= 0.3 is 0 Å². The maximum atomic E-state index is 14.4. The van der Waals surface area contributed by atoms with Crippen LogP contribution in [0.3, 0.4) is 0 Å². The van der Waals surface area contributed by atoms with Crippen LogP contribution in [0.15, 0.2) is 18.2 Å². The van der Waals surface area contributed by atoms with Crippen LogP contribution in [-0.4, -0.2) is 49.3 Å². The maximum absolute atomic E-state index is 14.4. The number of rotatable bonds is 7. The van der Waals surface area contributed by atoms with Gasteiger partial charge in [0.25, 0.3) is 0 Å². The highest BCUT2D eigenvalue weighted by Gasteiger charge is 2.55. The molecule has 160 valence electrons. The van der Waals surface area contributed by atoms with Crippen molar-refractivity contribution in [2.24, 2.45) is 5.92 Å². The van der Waals surface area contributed by atoms with E-state index in [0.29, 0.717) is 24.1 Å². The molecule has 0 spiro atoms. The SMILES string of the molecule is CCC(=O)NC(C(=O)N1CCC(C(F)F)CC1)C1(c2ccc(NC)c(F)c2)CC1. The number of hydrogen-bond acceptors (Lipinski definition) is 3. The van der Waals surface area contributed by atoms with Gasteiger partial charge in [0.1, 0.15) is 11.9 Å². The molecule has 8 heteroatoms. The molecule has 3 rings (SSSR count). The van der Waals surface area contributed by atoms with Gasteiger partial charge in [-0.1, -0.05) is 13.0 Å². The van der Waals surface area contributed by atoms with Gasteiger partial charge in [0, 0.05) is 37.9 Å². The van der Waals surface area contributed by atoms with Gasteiger partial charge in [0.05, 0.1) is 5.69 Å². The van der Waals surface area contributed by atoms with Crippen molar-refractivity contribution in [3.8, 4) is 0 Å². The Morgan fingerprint density at radius 3 is 2.38 bits per heavy atom. The van der Waals surface area contributed by atoms with Gasteiger partial charge in [-0.2, -0.15) is 0 Å². The molecule has 1 unspecified atom stereocenters. The molecule has 0 bridgehead atoms. The van der Waals surface area contributed by atoms with E-state index in [1.54, 1.807) is 31.0 Å². The molecule has 1 saturated carbocycles. The molecule has 29 heavy (non-hydrogen) atoms. The van der Waals surface area contributed by atoms with Crippen LogP contribution in [-0.2, 0) is 15.0 Å². The first-order valence-electron chi connectivity index (χ1n) is 10.2. The fraction of sp³-hybridized carbons (Fsp3) is 0.619. The molecule has 1 aliphatic heterocycles. The minimum absolute atomic E-state index is 0.223. The van der Waals surface area contributed by atoms with Crippen molar-refractivity contribution in [3.05, 3.63) is 29.6 Å². The Morgan fingerprint density at radius 1 is 1.24 bits per heavy atom. The summed E-state index contributed by atoms with van der Waals surface area (Å²) in [4.78, 5) is 27.0. The van der Waals surface area contributed by atoms with Gasteiger partial charge in [-0.05, 0) is 43.4 Å². The third kappa shape index (κ3) is 4.36.